The van der Waals surface area contributed by atoms with Gasteiger partial charge in [0.05, 0.1) is 17.7 Å². The summed E-state index contributed by atoms with van der Waals surface area (Å²) >= 11 is 9.55. The zero-order valence-electron chi connectivity index (χ0n) is 20.5. The van der Waals surface area contributed by atoms with E-state index in [1.54, 1.807) is 25.1 Å². The highest BCUT2D eigenvalue weighted by molar-refractivity contribution is 9.10. The average Bonchev–Trinajstić information content (AvgIpc) is 2.90. The maximum Gasteiger partial charge on any atom is 0.264 e. The molecule has 0 radical (unpaired) electrons. The first kappa shape index (κ1) is 28.5. The van der Waals surface area contributed by atoms with Crippen molar-refractivity contribution in [3.63, 3.8) is 0 Å². The van der Waals surface area contributed by atoms with Crippen molar-refractivity contribution in [1.82, 2.24) is 10.2 Å². The largest absolute Gasteiger partial charge is 0.497 e. The summed E-state index contributed by atoms with van der Waals surface area (Å²) < 4.78 is 34.5. The topological polar surface area (TPSA) is 96.0 Å². The van der Waals surface area contributed by atoms with Crippen LogP contribution in [0.25, 0.3) is 0 Å². The van der Waals surface area contributed by atoms with Gasteiger partial charge in [0, 0.05) is 23.1 Å². The summed E-state index contributed by atoms with van der Waals surface area (Å²) in [6, 6.07) is 18.5. The zero-order valence-corrected chi connectivity index (χ0v) is 23.7. The average molecular weight is 609 g/mol. The van der Waals surface area contributed by atoms with Gasteiger partial charge in [-0.2, -0.15) is 0 Å². The lowest BCUT2D eigenvalue weighted by Crippen LogP contribution is -2.50. The maximum atomic E-state index is 13.7. The second-order valence-corrected chi connectivity index (χ2v) is 11.3. The Labute approximate surface area is 230 Å². The van der Waals surface area contributed by atoms with E-state index in [2.05, 4.69) is 21.2 Å². The quantitative estimate of drug-likeness (QED) is 0.367. The van der Waals surface area contributed by atoms with Crippen LogP contribution in [0.4, 0.5) is 5.69 Å². The van der Waals surface area contributed by atoms with Gasteiger partial charge in [0.25, 0.3) is 10.0 Å². The second-order valence-electron chi connectivity index (χ2n) is 8.11. The first-order valence-corrected chi connectivity index (χ1v) is 13.9. The highest BCUT2D eigenvalue weighted by Gasteiger charge is 2.32. The minimum absolute atomic E-state index is 0.0279. The highest BCUT2D eigenvalue weighted by Crippen LogP contribution is 2.28. The third-order valence-corrected chi connectivity index (χ3v) is 8.25. The van der Waals surface area contributed by atoms with E-state index in [4.69, 9.17) is 16.3 Å². The number of ether oxygens (including phenoxy) is 1. The van der Waals surface area contributed by atoms with E-state index >= 15 is 0 Å². The molecule has 37 heavy (non-hydrogen) atoms. The minimum atomic E-state index is -4.19. The summed E-state index contributed by atoms with van der Waals surface area (Å²) in [6.45, 7) is 1.15. The van der Waals surface area contributed by atoms with E-state index in [1.165, 1.54) is 49.4 Å². The van der Waals surface area contributed by atoms with Gasteiger partial charge >= 0.3 is 0 Å². The molecule has 1 unspecified atom stereocenters. The van der Waals surface area contributed by atoms with Crippen LogP contribution >= 0.6 is 27.5 Å². The van der Waals surface area contributed by atoms with Crippen molar-refractivity contribution in [3.05, 3.63) is 87.9 Å². The van der Waals surface area contributed by atoms with Crippen molar-refractivity contribution in [2.45, 2.75) is 24.4 Å². The minimum Gasteiger partial charge on any atom is -0.497 e. The maximum absolute atomic E-state index is 13.7. The number of sulfonamides is 1. The van der Waals surface area contributed by atoms with Crippen LogP contribution in [-0.4, -0.2) is 51.9 Å². The second kappa shape index (κ2) is 12.4. The monoisotopic (exact) mass is 607 g/mol. The fourth-order valence-electron chi connectivity index (χ4n) is 3.61. The summed E-state index contributed by atoms with van der Waals surface area (Å²) in [7, 11) is -1.23. The lowest BCUT2D eigenvalue weighted by Gasteiger charge is -2.31. The number of benzene rings is 3. The Hall–Kier alpha value is -3.08. The molecule has 0 spiro atoms. The number of amides is 2. The van der Waals surface area contributed by atoms with Gasteiger partial charge in [0.2, 0.25) is 11.8 Å². The lowest BCUT2D eigenvalue weighted by molar-refractivity contribution is -0.139. The predicted molar refractivity (Wildman–Crippen MR) is 147 cm³/mol. The molecule has 3 aromatic carbocycles. The van der Waals surface area contributed by atoms with Crippen LogP contribution in [0.3, 0.4) is 0 Å². The number of likely N-dealkylation sites (N-methyl/N-ethyl adjacent to an activating group) is 1. The Bertz CT molecular complexity index is 1350. The molecule has 2 amide bonds. The van der Waals surface area contributed by atoms with Gasteiger partial charge in [-0.15, -0.1) is 0 Å². The first-order valence-electron chi connectivity index (χ1n) is 11.2. The van der Waals surface area contributed by atoms with Crippen LogP contribution in [0, 0.1) is 0 Å². The van der Waals surface area contributed by atoms with Gasteiger partial charge in [-0.1, -0.05) is 45.7 Å². The summed E-state index contributed by atoms with van der Waals surface area (Å²) in [5.74, 6) is -0.446. The van der Waals surface area contributed by atoms with Crippen LogP contribution in [0.5, 0.6) is 5.75 Å². The number of hydrogen-bond acceptors (Lipinski definition) is 5. The first-order chi connectivity index (χ1) is 17.6. The highest BCUT2D eigenvalue weighted by atomic mass is 79.9. The molecule has 0 aliphatic rings. The van der Waals surface area contributed by atoms with Gasteiger partial charge in [-0.3, -0.25) is 13.9 Å². The van der Waals surface area contributed by atoms with E-state index in [9.17, 15) is 18.0 Å². The summed E-state index contributed by atoms with van der Waals surface area (Å²) in [4.78, 5) is 27.5. The summed E-state index contributed by atoms with van der Waals surface area (Å²) in [5.41, 5.74) is 0.993. The zero-order chi connectivity index (χ0) is 27.2. The number of halogens is 2. The van der Waals surface area contributed by atoms with E-state index in [-0.39, 0.29) is 23.0 Å². The van der Waals surface area contributed by atoms with Crippen molar-refractivity contribution in [1.29, 1.82) is 0 Å². The molecule has 11 heteroatoms. The molecule has 0 saturated carbocycles. The van der Waals surface area contributed by atoms with Crippen molar-refractivity contribution in [2.75, 3.05) is 25.0 Å². The molecule has 0 aliphatic carbocycles. The van der Waals surface area contributed by atoms with E-state index in [0.29, 0.717) is 10.8 Å². The van der Waals surface area contributed by atoms with Crippen molar-refractivity contribution in [2.24, 2.45) is 0 Å². The molecule has 3 rings (SSSR count). The molecular formula is C26H27BrClN3O5S. The van der Waals surface area contributed by atoms with E-state index in [1.807, 2.05) is 24.3 Å². The molecule has 0 aliphatic heterocycles. The third-order valence-electron chi connectivity index (χ3n) is 5.70. The number of hydrogen-bond donors (Lipinski definition) is 1. The Morgan fingerprint density at radius 3 is 2.27 bits per heavy atom. The molecule has 0 heterocycles. The lowest BCUT2D eigenvalue weighted by atomic mass is 10.1. The SMILES string of the molecule is CNC(=O)C(C)N(Cc1ccc(Br)cc1)C(=O)CN(c1cccc(Cl)c1)S(=O)(=O)c1ccc(OC)cc1. The molecule has 0 fully saturated rings. The van der Waals surface area contributed by atoms with E-state index < -0.39 is 28.5 Å². The number of nitrogens with zero attached hydrogens (tertiary/aromatic N) is 2. The van der Waals surface area contributed by atoms with Gasteiger partial charge in [-0.05, 0) is 67.1 Å². The third kappa shape index (κ3) is 7.03. The van der Waals surface area contributed by atoms with Crippen LogP contribution in [-0.2, 0) is 26.2 Å². The fourth-order valence-corrected chi connectivity index (χ4v) is 5.47. The number of carbonyl (C=O) groups is 2. The van der Waals surface area contributed by atoms with Crippen LogP contribution in [0.1, 0.15) is 12.5 Å². The van der Waals surface area contributed by atoms with Crippen LogP contribution in [0.2, 0.25) is 5.02 Å². The smallest absolute Gasteiger partial charge is 0.264 e. The number of methoxy groups -OCH3 is 1. The Morgan fingerprint density at radius 1 is 1.05 bits per heavy atom. The van der Waals surface area contributed by atoms with Gasteiger partial charge in [-0.25, -0.2) is 8.42 Å². The van der Waals surface area contributed by atoms with E-state index in [0.717, 1.165) is 14.3 Å². The molecule has 0 saturated heterocycles. The molecule has 196 valence electrons. The number of nitrogens with one attached hydrogen (secondary N) is 1. The van der Waals surface area contributed by atoms with Crippen LogP contribution < -0.4 is 14.4 Å². The molecule has 1 atom stereocenters. The van der Waals surface area contributed by atoms with Crippen molar-refractivity contribution < 1.29 is 22.7 Å². The summed E-state index contributed by atoms with van der Waals surface area (Å²) in [6.07, 6.45) is 0. The van der Waals surface area contributed by atoms with Crippen molar-refractivity contribution >= 4 is 55.1 Å². The van der Waals surface area contributed by atoms with Crippen LogP contribution in [0.15, 0.2) is 82.2 Å². The van der Waals surface area contributed by atoms with Gasteiger partial charge in [0.15, 0.2) is 0 Å². The fraction of sp³-hybridized carbons (Fsp3) is 0.231. The van der Waals surface area contributed by atoms with Gasteiger partial charge < -0.3 is 15.0 Å². The standard InChI is InChI=1S/C26H27BrClN3O5S/c1-18(26(33)29-2)30(16-19-7-9-20(27)10-8-19)25(32)17-31(22-6-4-5-21(28)15-22)37(34,35)24-13-11-23(36-3)12-14-24/h4-15,18H,16-17H2,1-3H3,(H,29,33). The van der Waals surface area contributed by atoms with Gasteiger partial charge in [0.1, 0.15) is 18.3 Å². The Balaban J connectivity index is 2.02. The normalized spacial score (nSPS) is 11.9. The number of carbonyl (C=O) groups excluding carboxylic acids is 2. The summed E-state index contributed by atoms with van der Waals surface area (Å²) in [5, 5.41) is 2.86. The predicted octanol–water partition coefficient (Wildman–Crippen LogP) is 4.47. The molecule has 3 aromatic rings. The molecule has 8 nitrogen and oxygen atoms in total. The molecule has 1 N–H and O–H groups in total. The Kier molecular flexibility index (Phi) is 9.58. The molecule has 0 bridgehead atoms. The Morgan fingerprint density at radius 2 is 1.70 bits per heavy atom. The number of rotatable bonds is 10. The molecule has 0 aromatic heterocycles. The van der Waals surface area contributed by atoms with Crippen molar-refractivity contribution in [3.8, 4) is 5.75 Å². The number of anilines is 1. The molecular weight excluding hydrogens is 582 g/mol.